The number of carbonyl (C=O) groups is 1. The number of halogens is 1. The molecule has 1 amide bonds. The van der Waals surface area contributed by atoms with Crippen molar-refractivity contribution in [1.29, 1.82) is 5.26 Å². The Bertz CT molecular complexity index is 1340. The number of pyridine rings is 1. The van der Waals surface area contributed by atoms with Crippen molar-refractivity contribution in [1.82, 2.24) is 9.88 Å². The molecule has 0 saturated carbocycles. The Morgan fingerprint density at radius 3 is 2.31 bits per heavy atom. The monoisotopic (exact) mass is 499 g/mol. The Labute approximate surface area is 215 Å². The Morgan fingerprint density at radius 2 is 1.69 bits per heavy atom. The average molecular weight is 500 g/mol. The van der Waals surface area contributed by atoms with E-state index in [0.29, 0.717) is 16.3 Å². The zero-order valence-electron chi connectivity index (χ0n) is 20.3. The molecule has 0 atom stereocenters. The summed E-state index contributed by atoms with van der Waals surface area (Å²) in [5.41, 5.74) is 4.80. The van der Waals surface area contributed by atoms with Crippen LogP contribution >= 0.6 is 11.8 Å². The first-order chi connectivity index (χ1) is 17.4. The van der Waals surface area contributed by atoms with Gasteiger partial charge in [0.05, 0.1) is 18.4 Å². The molecule has 182 valence electrons. The molecular formula is C29H26FN3O2S. The molecule has 1 aromatic heterocycles. The maximum atomic E-state index is 13.5. The molecule has 36 heavy (non-hydrogen) atoms. The van der Waals surface area contributed by atoms with E-state index in [1.807, 2.05) is 60.7 Å². The molecule has 0 radical (unpaired) electrons. The summed E-state index contributed by atoms with van der Waals surface area (Å²) in [6, 6.07) is 28.1. The minimum absolute atomic E-state index is 0.313. The maximum absolute atomic E-state index is 13.5. The molecule has 3 aromatic carbocycles. The van der Waals surface area contributed by atoms with Crippen molar-refractivity contribution < 1.29 is 13.9 Å². The summed E-state index contributed by atoms with van der Waals surface area (Å²) in [5.74, 6) is 1.11. The largest absolute Gasteiger partial charge is 0.497 e. The van der Waals surface area contributed by atoms with Crippen molar-refractivity contribution in [3.8, 4) is 34.2 Å². The third-order valence-corrected chi connectivity index (χ3v) is 6.09. The molecular weight excluding hydrogens is 473 g/mol. The van der Waals surface area contributed by atoms with E-state index in [9.17, 15) is 14.4 Å². The van der Waals surface area contributed by atoms with Crippen LogP contribution in [0, 0.1) is 17.1 Å². The number of ether oxygens (including phenoxy) is 1. The predicted molar refractivity (Wildman–Crippen MR) is 142 cm³/mol. The van der Waals surface area contributed by atoms with Gasteiger partial charge in [0.25, 0.3) is 0 Å². The number of nitrogens with zero attached hydrogens (tertiary/aromatic N) is 3. The second-order valence-corrected chi connectivity index (χ2v) is 8.89. The number of nitriles is 1. The van der Waals surface area contributed by atoms with Crippen molar-refractivity contribution in [2.75, 3.05) is 21.2 Å². The van der Waals surface area contributed by atoms with Crippen LogP contribution in [-0.2, 0) is 10.5 Å². The van der Waals surface area contributed by atoms with Crippen LogP contribution in [0.1, 0.15) is 11.1 Å². The van der Waals surface area contributed by atoms with Gasteiger partial charge in [-0.1, -0.05) is 54.6 Å². The smallest absolute Gasteiger partial charge is 0.209 e. The topological polar surface area (TPSA) is 66.2 Å². The lowest BCUT2D eigenvalue weighted by molar-refractivity contribution is -0.115. The molecule has 0 saturated heterocycles. The predicted octanol–water partition coefficient (Wildman–Crippen LogP) is 6.43. The summed E-state index contributed by atoms with van der Waals surface area (Å²) in [6.45, 7) is 0. The van der Waals surface area contributed by atoms with Gasteiger partial charge >= 0.3 is 0 Å². The fourth-order valence-electron chi connectivity index (χ4n) is 3.26. The minimum atomic E-state index is -0.313. The SMILES string of the molecule is CN(C)C=O.COc1cccc(CSc2nc(-c3ccccc3)cc(-c3ccc(F)cc3)c2C#N)c1. The lowest BCUT2D eigenvalue weighted by Gasteiger charge is -2.13. The van der Waals surface area contributed by atoms with Crippen molar-refractivity contribution in [3.63, 3.8) is 0 Å². The van der Waals surface area contributed by atoms with Crippen LogP contribution in [0.3, 0.4) is 0 Å². The van der Waals surface area contributed by atoms with E-state index in [0.717, 1.165) is 40.1 Å². The van der Waals surface area contributed by atoms with Gasteiger partial charge in [0.1, 0.15) is 22.7 Å². The number of methoxy groups -OCH3 is 1. The molecule has 1 heterocycles. The summed E-state index contributed by atoms with van der Waals surface area (Å²) >= 11 is 1.50. The minimum Gasteiger partial charge on any atom is -0.497 e. The van der Waals surface area contributed by atoms with E-state index in [4.69, 9.17) is 9.72 Å². The van der Waals surface area contributed by atoms with E-state index in [2.05, 4.69) is 6.07 Å². The zero-order chi connectivity index (χ0) is 25.9. The van der Waals surface area contributed by atoms with Gasteiger partial charge in [0.2, 0.25) is 6.41 Å². The van der Waals surface area contributed by atoms with Gasteiger partial charge in [0, 0.05) is 31.0 Å². The first-order valence-electron chi connectivity index (χ1n) is 11.1. The summed E-state index contributed by atoms with van der Waals surface area (Å²) in [7, 11) is 5.01. The van der Waals surface area contributed by atoms with Gasteiger partial charge < -0.3 is 9.64 Å². The highest BCUT2D eigenvalue weighted by Crippen LogP contribution is 2.35. The first-order valence-corrected chi connectivity index (χ1v) is 12.1. The number of hydrogen-bond acceptors (Lipinski definition) is 5. The number of hydrogen-bond donors (Lipinski definition) is 0. The third-order valence-electron chi connectivity index (χ3n) is 5.04. The third kappa shape index (κ3) is 7.17. The Morgan fingerprint density at radius 1 is 1.00 bits per heavy atom. The quantitative estimate of drug-likeness (QED) is 0.216. The lowest BCUT2D eigenvalue weighted by atomic mass is 9.99. The molecule has 0 aliphatic heterocycles. The van der Waals surface area contributed by atoms with Crippen LogP contribution in [0.2, 0.25) is 0 Å². The Hall–Kier alpha value is -4.15. The fraction of sp³-hybridized carbons (Fsp3) is 0.138. The van der Waals surface area contributed by atoms with E-state index in [1.165, 1.54) is 28.8 Å². The standard InChI is InChI=1S/C26H19FN2OS.C3H7NO/c1-30-22-9-5-6-18(14-22)17-31-26-24(16-28)23(19-10-12-21(27)13-11-19)15-25(29-26)20-7-3-2-4-8-20;1-4(2)3-5/h2-15H,17H2,1H3;3H,1-2H3. The lowest BCUT2D eigenvalue weighted by Crippen LogP contribution is -2.06. The van der Waals surface area contributed by atoms with Crippen LogP contribution in [0.15, 0.2) is 90.0 Å². The van der Waals surface area contributed by atoms with Crippen LogP contribution < -0.4 is 4.74 Å². The number of carbonyl (C=O) groups excluding carboxylic acids is 1. The molecule has 0 aliphatic rings. The zero-order valence-corrected chi connectivity index (χ0v) is 21.1. The molecule has 0 fully saturated rings. The highest BCUT2D eigenvalue weighted by molar-refractivity contribution is 7.98. The fourth-order valence-corrected chi connectivity index (χ4v) is 4.21. The van der Waals surface area contributed by atoms with Crippen LogP contribution in [-0.4, -0.2) is 37.5 Å². The van der Waals surface area contributed by atoms with Gasteiger partial charge in [0.15, 0.2) is 0 Å². The van der Waals surface area contributed by atoms with Crippen LogP contribution in [0.5, 0.6) is 5.75 Å². The van der Waals surface area contributed by atoms with Gasteiger partial charge in [-0.05, 0) is 41.5 Å². The molecule has 0 unspecified atom stereocenters. The molecule has 4 rings (SSSR count). The molecule has 7 heteroatoms. The molecule has 0 spiro atoms. The number of aromatic nitrogens is 1. The Balaban J connectivity index is 0.000000658. The van der Waals surface area contributed by atoms with E-state index in [-0.39, 0.29) is 5.82 Å². The summed E-state index contributed by atoms with van der Waals surface area (Å²) in [5, 5.41) is 10.6. The number of amides is 1. The van der Waals surface area contributed by atoms with Gasteiger partial charge in [-0.2, -0.15) is 5.26 Å². The highest BCUT2D eigenvalue weighted by Gasteiger charge is 2.16. The average Bonchev–Trinajstić information content (AvgIpc) is 2.92. The molecule has 0 N–H and O–H groups in total. The summed E-state index contributed by atoms with van der Waals surface area (Å²) in [4.78, 5) is 15.7. The highest BCUT2D eigenvalue weighted by atomic mass is 32.2. The molecule has 4 aromatic rings. The van der Waals surface area contributed by atoms with E-state index < -0.39 is 0 Å². The summed E-state index contributed by atoms with van der Waals surface area (Å²) < 4.78 is 18.8. The molecule has 0 aliphatic carbocycles. The second kappa shape index (κ2) is 13.1. The van der Waals surface area contributed by atoms with Crippen molar-refractivity contribution in [3.05, 3.63) is 102 Å². The number of thioether (sulfide) groups is 1. The van der Waals surface area contributed by atoms with Crippen LogP contribution in [0.25, 0.3) is 22.4 Å². The summed E-state index contributed by atoms with van der Waals surface area (Å²) in [6.07, 6.45) is 0.750. The number of rotatable bonds is 7. The van der Waals surface area contributed by atoms with E-state index >= 15 is 0 Å². The normalized spacial score (nSPS) is 9.97. The van der Waals surface area contributed by atoms with Crippen LogP contribution in [0.4, 0.5) is 4.39 Å². The van der Waals surface area contributed by atoms with Crippen molar-refractivity contribution in [2.24, 2.45) is 0 Å². The van der Waals surface area contributed by atoms with Gasteiger partial charge in [-0.25, -0.2) is 9.37 Å². The first kappa shape index (κ1) is 26.5. The Kier molecular flexibility index (Phi) is 9.61. The maximum Gasteiger partial charge on any atom is 0.209 e. The molecule has 0 bridgehead atoms. The van der Waals surface area contributed by atoms with Crippen molar-refractivity contribution >= 4 is 18.2 Å². The molecule has 5 nitrogen and oxygen atoms in total. The number of benzene rings is 3. The second-order valence-electron chi connectivity index (χ2n) is 7.93. The van der Waals surface area contributed by atoms with E-state index in [1.54, 1.807) is 33.3 Å². The van der Waals surface area contributed by atoms with Gasteiger partial charge in [-0.3, -0.25) is 4.79 Å². The van der Waals surface area contributed by atoms with Crippen molar-refractivity contribution in [2.45, 2.75) is 10.8 Å². The van der Waals surface area contributed by atoms with Gasteiger partial charge in [-0.15, -0.1) is 11.8 Å².